The van der Waals surface area contributed by atoms with Crippen LogP contribution >= 0.6 is 0 Å². The summed E-state index contributed by atoms with van der Waals surface area (Å²) in [5.41, 5.74) is 3.56. The molecule has 0 bridgehead atoms. The fourth-order valence-corrected chi connectivity index (χ4v) is 4.87. The van der Waals surface area contributed by atoms with Crippen LogP contribution in [0.25, 0.3) is 11.3 Å². The van der Waals surface area contributed by atoms with Gasteiger partial charge >= 0.3 is 5.97 Å². The molecule has 0 aliphatic carbocycles. The SMILES string of the molecule is CC(C)=c1c(CCC(C)C)ccc/c1=C1\c2cc(=O)c(C(=O)O)cn2C(C(C)(C)C)CN1C. The molecule has 1 aromatic heterocycles. The van der Waals surface area contributed by atoms with Gasteiger partial charge < -0.3 is 14.6 Å². The fraction of sp³-hybridized carbons (Fsp3) is 0.500. The standard InChI is InChI=1S/C28H38N2O3/c1-17(2)12-13-19-10-9-11-20(25(19)18(3)4)26-22-14-23(31)21(27(32)33)15-30(22)24(16-29(26)8)28(5,6)7/h9-11,14-15,17,24H,12-13,16H2,1-8H3,(H,32,33)/b26-20-. The predicted molar refractivity (Wildman–Crippen MR) is 135 cm³/mol. The largest absolute Gasteiger partial charge is 0.477 e. The van der Waals surface area contributed by atoms with Gasteiger partial charge in [0.2, 0.25) is 0 Å². The van der Waals surface area contributed by atoms with Crippen molar-refractivity contribution in [3.63, 3.8) is 0 Å². The molecule has 0 saturated heterocycles. The number of aromatic carboxylic acids is 1. The number of likely N-dealkylation sites (N-methyl/N-ethyl adjacent to an activating group) is 1. The van der Waals surface area contributed by atoms with Gasteiger partial charge in [-0.05, 0) is 48.8 Å². The molecule has 2 heterocycles. The maximum absolute atomic E-state index is 12.8. The summed E-state index contributed by atoms with van der Waals surface area (Å²) in [4.78, 5) is 26.8. The van der Waals surface area contributed by atoms with Gasteiger partial charge in [-0.15, -0.1) is 0 Å². The Labute approximate surface area is 197 Å². The highest BCUT2D eigenvalue weighted by Gasteiger charge is 2.35. The normalized spacial score (nSPS) is 17.8. The molecular weight excluding hydrogens is 412 g/mol. The summed E-state index contributed by atoms with van der Waals surface area (Å²) >= 11 is 0. The van der Waals surface area contributed by atoms with Crippen LogP contribution in [0.3, 0.4) is 0 Å². The van der Waals surface area contributed by atoms with Crippen LogP contribution in [0.1, 0.15) is 82.5 Å². The lowest BCUT2D eigenvalue weighted by Gasteiger charge is -2.43. The Morgan fingerprint density at radius 3 is 2.42 bits per heavy atom. The van der Waals surface area contributed by atoms with E-state index in [0.717, 1.165) is 36.0 Å². The summed E-state index contributed by atoms with van der Waals surface area (Å²) in [5.74, 6) is -0.567. The lowest BCUT2D eigenvalue weighted by Crippen LogP contribution is -2.46. The number of benzene rings is 1. The molecule has 1 N–H and O–H groups in total. The summed E-state index contributed by atoms with van der Waals surface area (Å²) in [7, 11) is 2.07. The fourth-order valence-electron chi connectivity index (χ4n) is 4.87. The number of hydrogen-bond donors (Lipinski definition) is 1. The smallest absolute Gasteiger partial charge is 0.341 e. The van der Waals surface area contributed by atoms with Crippen LogP contribution in [0.4, 0.5) is 0 Å². The van der Waals surface area contributed by atoms with Gasteiger partial charge in [0, 0.05) is 31.1 Å². The van der Waals surface area contributed by atoms with E-state index < -0.39 is 11.4 Å². The molecule has 0 saturated carbocycles. The van der Waals surface area contributed by atoms with E-state index in [2.05, 4.69) is 78.6 Å². The van der Waals surface area contributed by atoms with E-state index in [1.165, 1.54) is 22.4 Å². The molecule has 1 unspecified atom stereocenters. The molecule has 0 spiro atoms. The van der Waals surface area contributed by atoms with E-state index in [1.807, 2.05) is 4.57 Å². The minimum Gasteiger partial charge on any atom is -0.477 e. The Morgan fingerprint density at radius 2 is 1.88 bits per heavy atom. The van der Waals surface area contributed by atoms with Crippen molar-refractivity contribution in [3.8, 4) is 0 Å². The van der Waals surface area contributed by atoms with Crippen LogP contribution in [0.15, 0.2) is 35.3 Å². The topological polar surface area (TPSA) is 62.5 Å². The molecule has 1 atom stereocenters. The van der Waals surface area contributed by atoms with Crippen molar-refractivity contribution < 1.29 is 9.90 Å². The number of pyridine rings is 1. The second-order valence-electron chi connectivity index (χ2n) is 11.0. The number of hydrogen-bond acceptors (Lipinski definition) is 3. The summed E-state index contributed by atoms with van der Waals surface area (Å²) in [5, 5.41) is 11.9. The number of fused-ring (bicyclic) bond motifs is 1. The van der Waals surface area contributed by atoms with Gasteiger partial charge in [0.15, 0.2) is 5.43 Å². The van der Waals surface area contributed by atoms with Crippen molar-refractivity contribution in [3.05, 3.63) is 67.9 Å². The highest BCUT2D eigenvalue weighted by Crippen LogP contribution is 2.37. The average molecular weight is 451 g/mol. The van der Waals surface area contributed by atoms with Gasteiger partial charge in [0.05, 0.1) is 17.4 Å². The van der Waals surface area contributed by atoms with E-state index in [1.54, 1.807) is 6.20 Å². The molecule has 0 radical (unpaired) electrons. The van der Waals surface area contributed by atoms with E-state index >= 15 is 0 Å². The van der Waals surface area contributed by atoms with E-state index in [4.69, 9.17) is 0 Å². The molecule has 5 nitrogen and oxygen atoms in total. The maximum atomic E-state index is 12.8. The van der Waals surface area contributed by atoms with Gasteiger partial charge in [-0.2, -0.15) is 0 Å². The number of nitrogens with zero attached hydrogens (tertiary/aromatic N) is 2. The van der Waals surface area contributed by atoms with Crippen molar-refractivity contribution in [2.75, 3.05) is 13.6 Å². The quantitative estimate of drug-likeness (QED) is 0.764. The van der Waals surface area contributed by atoms with E-state index in [9.17, 15) is 14.7 Å². The number of carboxylic acids is 1. The van der Waals surface area contributed by atoms with Crippen molar-refractivity contribution in [2.24, 2.45) is 11.3 Å². The lowest BCUT2D eigenvalue weighted by molar-refractivity contribution is 0.0693. The number of carboxylic acid groups (broad SMARTS) is 1. The van der Waals surface area contributed by atoms with Crippen LogP contribution in [0.5, 0.6) is 0 Å². The Hall–Kier alpha value is -2.82. The molecule has 1 aliphatic rings. The zero-order valence-electron chi connectivity index (χ0n) is 21.3. The van der Waals surface area contributed by atoms with Gasteiger partial charge in [0.25, 0.3) is 0 Å². The third kappa shape index (κ3) is 4.92. The molecule has 0 amide bonds. The second-order valence-corrected chi connectivity index (χ2v) is 11.0. The first-order chi connectivity index (χ1) is 15.3. The molecule has 33 heavy (non-hydrogen) atoms. The highest BCUT2D eigenvalue weighted by molar-refractivity contribution is 5.87. The molecule has 0 fully saturated rings. The minimum absolute atomic E-state index is 0.0271. The second kappa shape index (κ2) is 9.20. The van der Waals surface area contributed by atoms with Crippen LogP contribution in [-0.2, 0) is 6.42 Å². The summed E-state index contributed by atoms with van der Waals surface area (Å²) < 4.78 is 2.02. The zero-order chi connectivity index (χ0) is 24.7. The molecule has 1 aliphatic heterocycles. The van der Waals surface area contributed by atoms with Crippen LogP contribution in [0, 0.1) is 11.3 Å². The van der Waals surface area contributed by atoms with Gasteiger partial charge in [-0.3, -0.25) is 4.79 Å². The Morgan fingerprint density at radius 1 is 1.21 bits per heavy atom. The molecule has 3 rings (SSSR count). The molecule has 5 heteroatoms. The number of rotatable bonds is 4. The maximum Gasteiger partial charge on any atom is 0.341 e. The number of carbonyl (C=O) groups is 1. The van der Waals surface area contributed by atoms with Crippen LogP contribution < -0.4 is 15.9 Å². The first-order valence-electron chi connectivity index (χ1n) is 11.8. The molecule has 178 valence electrons. The minimum atomic E-state index is -1.18. The van der Waals surface area contributed by atoms with Crippen LogP contribution in [0.2, 0.25) is 0 Å². The lowest BCUT2D eigenvalue weighted by atomic mass is 9.84. The summed E-state index contributed by atoms with van der Waals surface area (Å²) in [6, 6.07) is 7.98. The van der Waals surface area contributed by atoms with Crippen molar-refractivity contribution >= 4 is 17.2 Å². The zero-order valence-corrected chi connectivity index (χ0v) is 21.3. The first-order valence-corrected chi connectivity index (χ1v) is 11.8. The molecule has 2 aromatic rings. The van der Waals surface area contributed by atoms with Gasteiger partial charge in [0.1, 0.15) is 5.56 Å². The molecule has 1 aromatic carbocycles. The third-order valence-corrected chi connectivity index (χ3v) is 6.61. The van der Waals surface area contributed by atoms with Crippen molar-refractivity contribution in [1.29, 1.82) is 0 Å². The van der Waals surface area contributed by atoms with Crippen molar-refractivity contribution in [1.82, 2.24) is 9.47 Å². The van der Waals surface area contributed by atoms with Crippen molar-refractivity contribution in [2.45, 2.75) is 67.3 Å². The molecular formula is C28H38N2O3. The summed E-state index contributed by atoms with van der Waals surface area (Å²) in [6.45, 7) is 15.9. The Kier molecular flexibility index (Phi) is 6.92. The first kappa shape index (κ1) is 24.8. The number of aryl methyl sites for hydroxylation is 1. The van der Waals surface area contributed by atoms with Gasteiger partial charge in [-0.1, -0.05) is 58.4 Å². The predicted octanol–water partition coefficient (Wildman–Crippen LogP) is 4.01. The Balaban J connectivity index is 2.46. The Bertz CT molecular complexity index is 1240. The third-order valence-electron chi connectivity index (χ3n) is 6.61. The van der Waals surface area contributed by atoms with E-state index in [-0.39, 0.29) is 17.0 Å². The van der Waals surface area contributed by atoms with E-state index in [0.29, 0.717) is 5.92 Å². The van der Waals surface area contributed by atoms with Gasteiger partial charge in [-0.25, -0.2) is 4.79 Å². The highest BCUT2D eigenvalue weighted by atomic mass is 16.4. The monoisotopic (exact) mass is 450 g/mol. The van der Waals surface area contributed by atoms with Crippen LogP contribution in [-0.4, -0.2) is 34.1 Å². The summed E-state index contributed by atoms with van der Waals surface area (Å²) in [6.07, 6.45) is 3.66. The average Bonchev–Trinajstić information content (AvgIpc) is 2.69. The number of aromatic nitrogens is 1.